The van der Waals surface area contributed by atoms with Crippen LogP contribution >= 0.6 is 11.8 Å². The molecule has 1 rings (SSSR count). The van der Waals surface area contributed by atoms with Crippen LogP contribution in [-0.2, 0) is 19.0 Å². The zero-order chi connectivity index (χ0) is 16.0. The molecular weight excluding hydrogens is 292 g/mol. The molecule has 118 valence electrons. The lowest BCUT2D eigenvalue weighted by Crippen LogP contribution is -2.51. The van der Waals surface area contributed by atoms with Crippen LogP contribution in [0.4, 0.5) is 0 Å². The second kappa shape index (κ2) is 8.27. The van der Waals surface area contributed by atoms with Gasteiger partial charge in [-0.3, -0.25) is 10.2 Å². The molecule has 1 heterocycles. The van der Waals surface area contributed by atoms with Crippen molar-refractivity contribution in [3.8, 4) is 12.3 Å². The largest absolute Gasteiger partial charge is 0.463 e. The molecule has 0 bridgehead atoms. The van der Waals surface area contributed by atoms with Gasteiger partial charge in [-0.15, -0.1) is 6.42 Å². The molecule has 0 aromatic heterocycles. The highest BCUT2D eigenvalue weighted by Gasteiger charge is 2.43. The maximum Gasteiger partial charge on any atom is 0.302 e. The number of hydrogen-bond acceptors (Lipinski definition) is 6. The third kappa shape index (κ3) is 5.23. The molecule has 2 unspecified atom stereocenters. The quantitative estimate of drug-likeness (QED) is 0.343. The van der Waals surface area contributed by atoms with Gasteiger partial charge >= 0.3 is 5.97 Å². The van der Waals surface area contributed by atoms with Gasteiger partial charge in [0.1, 0.15) is 18.6 Å². The predicted molar refractivity (Wildman–Crippen MR) is 81.7 cm³/mol. The number of terminal acetylenes is 1. The number of ether oxygens (including phenoxy) is 3. The van der Waals surface area contributed by atoms with E-state index in [2.05, 4.69) is 5.92 Å². The summed E-state index contributed by atoms with van der Waals surface area (Å²) in [7, 11) is 0. The summed E-state index contributed by atoms with van der Waals surface area (Å²) in [6.07, 6.45) is 4.79. The minimum atomic E-state index is -0.360. The Morgan fingerprint density at radius 3 is 2.67 bits per heavy atom. The molecular formula is C14H22N2O4S. The molecule has 0 saturated carbocycles. The lowest BCUT2D eigenvalue weighted by atomic mass is 9.86. The van der Waals surface area contributed by atoms with E-state index in [-0.39, 0.29) is 53.8 Å². The van der Waals surface area contributed by atoms with Crippen molar-refractivity contribution in [2.24, 2.45) is 17.6 Å². The molecule has 1 aliphatic heterocycles. The molecule has 0 amide bonds. The van der Waals surface area contributed by atoms with Gasteiger partial charge in [-0.1, -0.05) is 31.5 Å². The van der Waals surface area contributed by atoms with E-state index in [0.29, 0.717) is 0 Å². The van der Waals surface area contributed by atoms with Gasteiger partial charge in [-0.2, -0.15) is 0 Å². The van der Waals surface area contributed by atoms with Gasteiger partial charge in [-0.25, -0.2) is 0 Å². The third-order valence-corrected chi connectivity index (χ3v) is 4.44. The number of hydrogen-bond donors (Lipinski definition) is 2. The molecule has 21 heavy (non-hydrogen) atoms. The van der Waals surface area contributed by atoms with E-state index < -0.39 is 0 Å². The first-order chi connectivity index (χ1) is 9.86. The van der Waals surface area contributed by atoms with E-state index in [4.69, 9.17) is 31.8 Å². The molecule has 7 heteroatoms. The van der Waals surface area contributed by atoms with Crippen molar-refractivity contribution < 1.29 is 19.0 Å². The van der Waals surface area contributed by atoms with Gasteiger partial charge < -0.3 is 19.9 Å². The van der Waals surface area contributed by atoms with Crippen LogP contribution in [0.15, 0.2) is 0 Å². The average Bonchev–Trinajstić information content (AvgIpc) is 2.40. The molecule has 1 fully saturated rings. The van der Waals surface area contributed by atoms with E-state index in [1.807, 2.05) is 13.8 Å². The maximum atomic E-state index is 11.0. The number of thioether (sulfide) groups is 1. The highest BCUT2D eigenvalue weighted by atomic mass is 32.2. The monoisotopic (exact) mass is 314 g/mol. The van der Waals surface area contributed by atoms with Crippen molar-refractivity contribution in [2.45, 2.75) is 38.4 Å². The normalized spacial score (nSPS) is 32.2. The molecule has 0 aromatic rings. The molecule has 3 N–H and O–H groups in total. The molecule has 6 nitrogen and oxygen atoms in total. The topological polar surface area (TPSA) is 94.6 Å². The van der Waals surface area contributed by atoms with Crippen LogP contribution in [0.25, 0.3) is 0 Å². The predicted octanol–water partition coefficient (Wildman–Crippen LogP) is 1.19. The number of rotatable bonds is 5. The number of amidine groups is 1. The minimum absolute atomic E-state index is 0.0100. The number of esters is 1. The van der Waals surface area contributed by atoms with E-state index in [1.54, 1.807) is 0 Å². The van der Waals surface area contributed by atoms with E-state index in [0.717, 1.165) is 11.8 Å². The van der Waals surface area contributed by atoms with Crippen molar-refractivity contribution in [1.29, 1.82) is 5.41 Å². The van der Waals surface area contributed by atoms with Gasteiger partial charge in [0.15, 0.2) is 5.17 Å². The van der Waals surface area contributed by atoms with Gasteiger partial charge in [0.05, 0.1) is 12.2 Å². The molecule has 5 atom stereocenters. The zero-order valence-corrected chi connectivity index (χ0v) is 13.3. The molecule has 1 aliphatic rings. The number of nitrogens with one attached hydrogen (secondary N) is 1. The summed E-state index contributed by atoms with van der Waals surface area (Å²) in [6.45, 7) is 5.65. The molecule has 0 aromatic carbocycles. The van der Waals surface area contributed by atoms with Crippen LogP contribution in [0.5, 0.6) is 0 Å². The van der Waals surface area contributed by atoms with Gasteiger partial charge in [0.25, 0.3) is 0 Å². The lowest BCUT2D eigenvalue weighted by molar-refractivity contribution is -0.173. The first-order valence-electron chi connectivity index (χ1n) is 6.71. The van der Waals surface area contributed by atoms with Gasteiger partial charge in [-0.05, 0) is 0 Å². The number of nitrogens with two attached hydrogens (primary N) is 1. The summed E-state index contributed by atoms with van der Waals surface area (Å²) in [6, 6.07) is 0. The summed E-state index contributed by atoms with van der Waals surface area (Å²) in [5.41, 5.74) is 5.11. The summed E-state index contributed by atoms with van der Waals surface area (Å²) in [5, 5.41) is 7.39. The Morgan fingerprint density at radius 2 is 2.14 bits per heavy atom. The van der Waals surface area contributed by atoms with E-state index >= 15 is 0 Å². The highest BCUT2D eigenvalue weighted by Crippen LogP contribution is 2.37. The van der Waals surface area contributed by atoms with Crippen LogP contribution in [-0.4, -0.2) is 42.0 Å². The second-order valence-corrected chi connectivity index (χ2v) is 6.17. The minimum Gasteiger partial charge on any atom is -0.463 e. The van der Waals surface area contributed by atoms with Crippen LogP contribution in [0.3, 0.4) is 0 Å². The first-order valence-corrected chi connectivity index (χ1v) is 7.59. The maximum absolute atomic E-state index is 11.0. The molecule has 0 spiro atoms. The summed E-state index contributed by atoms with van der Waals surface area (Å²) in [4.78, 5) is 11.0. The fourth-order valence-electron chi connectivity index (χ4n) is 2.36. The standard InChI is InChI=1S/C14H22N2O4S/c1-5-6-18-12-8(2)11(7-19-10(4)17)20-13(9(12)3)21-14(15)16/h1,8-9,11-13H,6-7H2,2-4H3,(H3,15,16)/t8-,9?,11?,12-,13-/m0/s1. The van der Waals surface area contributed by atoms with Gasteiger partial charge in [0.2, 0.25) is 0 Å². The Morgan fingerprint density at radius 1 is 1.48 bits per heavy atom. The van der Waals surface area contributed by atoms with Crippen LogP contribution in [0, 0.1) is 29.6 Å². The molecule has 1 saturated heterocycles. The van der Waals surface area contributed by atoms with Crippen molar-refractivity contribution in [1.82, 2.24) is 0 Å². The molecule has 0 radical (unpaired) electrons. The fraction of sp³-hybridized carbons (Fsp3) is 0.714. The van der Waals surface area contributed by atoms with Crippen molar-refractivity contribution in [3.63, 3.8) is 0 Å². The Balaban J connectivity index is 2.81. The van der Waals surface area contributed by atoms with E-state index in [1.165, 1.54) is 6.92 Å². The number of carbonyl (C=O) groups is 1. The SMILES string of the molecule is C#CCO[C@@H]1C(C)[C@H](SC(=N)N)OC(COC(C)=O)[C@@H]1C. The van der Waals surface area contributed by atoms with Crippen molar-refractivity contribution in [3.05, 3.63) is 0 Å². The number of carbonyl (C=O) groups excluding carboxylic acids is 1. The van der Waals surface area contributed by atoms with Crippen molar-refractivity contribution in [2.75, 3.05) is 13.2 Å². The Kier molecular flexibility index (Phi) is 7.02. The van der Waals surface area contributed by atoms with Crippen LogP contribution < -0.4 is 5.73 Å². The highest BCUT2D eigenvalue weighted by molar-refractivity contribution is 8.14. The smallest absolute Gasteiger partial charge is 0.302 e. The van der Waals surface area contributed by atoms with Crippen LogP contribution in [0.1, 0.15) is 20.8 Å². The summed E-state index contributed by atoms with van der Waals surface area (Å²) < 4.78 is 16.7. The lowest BCUT2D eigenvalue weighted by Gasteiger charge is -2.43. The average molecular weight is 314 g/mol. The summed E-state index contributed by atoms with van der Waals surface area (Å²) >= 11 is 1.13. The third-order valence-electron chi connectivity index (χ3n) is 3.41. The Labute approximate surface area is 129 Å². The molecule has 0 aliphatic carbocycles. The van der Waals surface area contributed by atoms with Crippen molar-refractivity contribution >= 4 is 22.9 Å². The Hall–Kier alpha value is -1.23. The van der Waals surface area contributed by atoms with Crippen LogP contribution in [0.2, 0.25) is 0 Å². The van der Waals surface area contributed by atoms with E-state index in [9.17, 15) is 4.79 Å². The second-order valence-electron chi connectivity index (χ2n) is 5.03. The summed E-state index contributed by atoms with van der Waals surface area (Å²) in [5.74, 6) is 2.12. The zero-order valence-electron chi connectivity index (χ0n) is 12.5. The van der Waals surface area contributed by atoms with Gasteiger partial charge in [0, 0.05) is 18.8 Å². The Bertz CT molecular complexity index is 424. The first kappa shape index (κ1) is 17.8. The fourth-order valence-corrected chi connectivity index (χ4v) is 3.18.